The molecule has 0 saturated heterocycles. The van der Waals surface area contributed by atoms with Crippen molar-refractivity contribution in [3.8, 4) is 6.07 Å². The van der Waals surface area contributed by atoms with Gasteiger partial charge in [0.2, 0.25) is 0 Å². The van der Waals surface area contributed by atoms with E-state index in [2.05, 4.69) is 10.3 Å². The molecule has 1 aromatic heterocycles. The van der Waals surface area contributed by atoms with Crippen LogP contribution in [0.25, 0.3) is 0 Å². The Hall–Kier alpha value is -1.60. The molecule has 16 heavy (non-hydrogen) atoms. The SMILES string of the molecule is CC1(C)C(O)CC1Nc1ccc(C#N)nc1. The van der Waals surface area contributed by atoms with Gasteiger partial charge >= 0.3 is 0 Å². The van der Waals surface area contributed by atoms with Crippen molar-refractivity contribution in [3.05, 3.63) is 24.0 Å². The second kappa shape index (κ2) is 3.76. The second-order valence-corrected chi connectivity index (χ2v) is 4.81. The van der Waals surface area contributed by atoms with E-state index >= 15 is 0 Å². The van der Waals surface area contributed by atoms with E-state index in [1.807, 2.05) is 26.0 Å². The lowest BCUT2D eigenvalue weighted by Crippen LogP contribution is -2.56. The number of nitriles is 1. The van der Waals surface area contributed by atoms with Crippen LogP contribution < -0.4 is 5.32 Å². The van der Waals surface area contributed by atoms with E-state index in [1.54, 1.807) is 12.3 Å². The predicted molar refractivity (Wildman–Crippen MR) is 60.8 cm³/mol. The number of aliphatic hydroxyl groups excluding tert-OH is 1. The summed E-state index contributed by atoms with van der Waals surface area (Å²) in [5, 5.41) is 21.5. The average molecular weight is 217 g/mol. The molecule has 2 atom stereocenters. The lowest BCUT2D eigenvalue weighted by atomic mass is 9.64. The minimum atomic E-state index is -0.239. The number of rotatable bonds is 2. The van der Waals surface area contributed by atoms with E-state index in [-0.39, 0.29) is 17.6 Å². The normalized spacial score (nSPS) is 26.6. The summed E-state index contributed by atoms with van der Waals surface area (Å²) in [6.45, 7) is 4.08. The van der Waals surface area contributed by atoms with Gasteiger partial charge in [-0.15, -0.1) is 0 Å². The minimum Gasteiger partial charge on any atom is -0.392 e. The maximum Gasteiger partial charge on any atom is 0.140 e. The fourth-order valence-electron chi connectivity index (χ4n) is 1.89. The molecule has 1 aliphatic rings. The number of anilines is 1. The van der Waals surface area contributed by atoms with Crippen LogP contribution in [0.5, 0.6) is 0 Å². The van der Waals surface area contributed by atoms with Crippen molar-refractivity contribution in [3.63, 3.8) is 0 Å². The highest BCUT2D eigenvalue weighted by Gasteiger charge is 2.47. The van der Waals surface area contributed by atoms with E-state index in [4.69, 9.17) is 5.26 Å². The van der Waals surface area contributed by atoms with E-state index < -0.39 is 0 Å². The van der Waals surface area contributed by atoms with Gasteiger partial charge in [0, 0.05) is 11.5 Å². The summed E-state index contributed by atoms with van der Waals surface area (Å²) >= 11 is 0. The standard InChI is InChI=1S/C12H15N3O/c1-12(2)10(5-11(12)16)15-9-4-3-8(6-13)14-7-9/h3-4,7,10-11,15-16H,5H2,1-2H3. The Kier molecular flexibility index (Phi) is 2.56. The Morgan fingerprint density at radius 3 is 2.75 bits per heavy atom. The van der Waals surface area contributed by atoms with Crippen LogP contribution in [0.1, 0.15) is 26.0 Å². The molecule has 0 spiro atoms. The predicted octanol–water partition coefficient (Wildman–Crippen LogP) is 1.52. The smallest absolute Gasteiger partial charge is 0.140 e. The van der Waals surface area contributed by atoms with Gasteiger partial charge in [0.05, 0.1) is 18.0 Å². The van der Waals surface area contributed by atoms with Crippen molar-refractivity contribution in [2.75, 3.05) is 5.32 Å². The summed E-state index contributed by atoms with van der Waals surface area (Å²) in [5.74, 6) is 0. The van der Waals surface area contributed by atoms with Gasteiger partial charge in [0.25, 0.3) is 0 Å². The van der Waals surface area contributed by atoms with Gasteiger partial charge in [-0.25, -0.2) is 4.98 Å². The molecular formula is C12H15N3O. The Labute approximate surface area is 94.9 Å². The van der Waals surface area contributed by atoms with Crippen LogP contribution in [0.4, 0.5) is 5.69 Å². The fourth-order valence-corrected chi connectivity index (χ4v) is 1.89. The van der Waals surface area contributed by atoms with Crippen LogP contribution in [0.2, 0.25) is 0 Å². The molecule has 0 radical (unpaired) electrons. The van der Waals surface area contributed by atoms with Crippen LogP contribution in [-0.4, -0.2) is 22.2 Å². The quantitative estimate of drug-likeness (QED) is 0.788. The first kappa shape index (κ1) is 10.9. The van der Waals surface area contributed by atoms with Crippen LogP contribution in [0, 0.1) is 16.7 Å². The van der Waals surface area contributed by atoms with Crippen molar-refractivity contribution in [2.24, 2.45) is 5.41 Å². The molecular weight excluding hydrogens is 202 g/mol. The number of aromatic nitrogens is 1. The average Bonchev–Trinajstić information content (AvgIpc) is 2.29. The summed E-state index contributed by atoms with van der Waals surface area (Å²) in [6, 6.07) is 5.77. The van der Waals surface area contributed by atoms with E-state index in [0.717, 1.165) is 12.1 Å². The number of pyridine rings is 1. The number of nitrogens with zero attached hydrogens (tertiary/aromatic N) is 2. The molecule has 1 fully saturated rings. The van der Waals surface area contributed by atoms with Crippen LogP contribution in [0.15, 0.2) is 18.3 Å². The van der Waals surface area contributed by atoms with Gasteiger partial charge in [-0.05, 0) is 18.6 Å². The van der Waals surface area contributed by atoms with Gasteiger partial charge < -0.3 is 10.4 Å². The molecule has 84 valence electrons. The molecule has 2 rings (SSSR count). The third-order valence-electron chi connectivity index (χ3n) is 3.43. The van der Waals surface area contributed by atoms with Gasteiger partial charge in [0.15, 0.2) is 0 Å². The third kappa shape index (κ3) is 1.74. The Morgan fingerprint density at radius 2 is 2.31 bits per heavy atom. The van der Waals surface area contributed by atoms with Crippen molar-refractivity contribution in [2.45, 2.75) is 32.4 Å². The monoisotopic (exact) mass is 217 g/mol. The van der Waals surface area contributed by atoms with Crippen molar-refractivity contribution < 1.29 is 5.11 Å². The molecule has 4 heteroatoms. The molecule has 4 nitrogen and oxygen atoms in total. The zero-order valence-corrected chi connectivity index (χ0v) is 9.44. The molecule has 1 aliphatic carbocycles. The molecule has 0 aromatic carbocycles. The Balaban J connectivity index is 2.03. The van der Waals surface area contributed by atoms with Crippen LogP contribution >= 0.6 is 0 Å². The van der Waals surface area contributed by atoms with E-state index in [0.29, 0.717) is 5.69 Å². The highest BCUT2D eigenvalue weighted by Crippen LogP contribution is 2.42. The number of hydrogen-bond acceptors (Lipinski definition) is 4. The van der Waals surface area contributed by atoms with Crippen molar-refractivity contribution in [1.29, 1.82) is 5.26 Å². The molecule has 1 aromatic rings. The molecule has 0 amide bonds. The summed E-state index contributed by atoms with van der Waals surface area (Å²) in [5.41, 5.74) is 1.20. The molecule has 0 bridgehead atoms. The topological polar surface area (TPSA) is 68.9 Å². The lowest BCUT2D eigenvalue weighted by Gasteiger charge is -2.49. The first-order valence-electron chi connectivity index (χ1n) is 5.35. The third-order valence-corrected chi connectivity index (χ3v) is 3.43. The van der Waals surface area contributed by atoms with E-state index in [1.165, 1.54) is 0 Å². The molecule has 1 saturated carbocycles. The fraction of sp³-hybridized carbons (Fsp3) is 0.500. The van der Waals surface area contributed by atoms with Gasteiger partial charge in [-0.1, -0.05) is 13.8 Å². The number of nitrogens with one attached hydrogen (secondary N) is 1. The first-order valence-corrected chi connectivity index (χ1v) is 5.35. The van der Waals surface area contributed by atoms with Crippen molar-refractivity contribution in [1.82, 2.24) is 4.98 Å². The van der Waals surface area contributed by atoms with Crippen molar-refractivity contribution >= 4 is 5.69 Å². The number of hydrogen-bond donors (Lipinski definition) is 2. The zero-order valence-electron chi connectivity index (χ0n) is 9.44. The molecule has 2 N–H and O–H groups in total. The molecule has 1 heterocycles. The number of aliphatic hydroxyl groups is 1. The maximum atomic E-state index is 9.61. The van der Waals surface area contributed by atoms with Crippen LogP contribution in [-0.2, 0) is 0 Å². The van der Waals surface area contributed by atoms with Gasteiger partial charge in [0.1, 0.15) is 11.8 Å². The Bertz CT molecular complexity index is 419. The highest BCUT2D eigenvalue weighted by atomic mass is 16.3. The van der Waals surface area contributed by atoms with Gasteiger partial charge in [-0.3, -0.25) is 0 Å². The summed E-state index contributed by atoms with van der Waals surface area (Å²) in [6.07, 6.45) is 2.17. The lowest BCUT2D eigenvalue weighted by molar-refractivity contribution is -0.0510. The largest absolute Gasteiger partial charge is 0.392 e. The van der Waals surface area contributed by atoms with E-state index in [9.17, 15) is 5.11 Å². The van der Waals surface area contributed by atoms with Gasteiger partial charge in [-0.2, -0.15) is 5.26 Å². The molecule has 0 aliphatic heterocycles. The molecule has 2 unspecified atom stereocenters. The minimum absolute atomic E-state index is 0.103. The summed E-state index contributed by atoms with van der Waals surface area (Å²) in [7, 11) is 0. The Morgan fingerprint density at radius 1 is 1.56 bits per heavy atom. The first-order chi connectivity index (χ1) is 7.54. The summed E-state index contributed by atoms with van der Waals surface area (Å²) < 4.78 is 0. The second-order valence-electron chi connectivity index (χ2n) is 4.81. The highest BCUT2D eigenvalue weighted by molar-refractivity contribution is 5.44. The van der Waals surface area contributed by atoms with Crippen LogP contribution in [0.3, 0.4) is 0 Å². The summed E-state index contributed by atoms with van der Waals surface area (Å²) in [4.78, 5) is 3.99. The zero-order chi connectivity index (χ0) is 11.8. The maximum absolute atomic E-state index is 9.61.